The van der Waals surface area contributed by atoms with Gasteiger partial charge in [-0.05, 0) is 81.0 Å². The Kier molecular flexibility index (Phi) is 5.05. The lowest BCUT2D eigenvalue weighted by molar-refractivity contribution is 0.0935. The number of benzene rings is 2. The SMILES string of the molecule is Cc1cccc(NS(=O)(=O)c2ccc(C(=O)N[C@H](C)C3CC3)cc2)c1C. The van der Waals surface area contributed by atoms with Crippen LogP contribution in [0.5, 0.6) is 0 Å². The minimum absolute atomic E-state index is 0.130. The van der Waals surface area contributed by atoms with E-state index in [-0.39, 0.29) is 16.8 Å². The van der Waals surface area contributed by atoms with Crippen LogP contribution in [0.4, 0.5) is 5.69 Å². The Labute approximate surface area is 154 Å². The summed E-state index contributed by atoms with van der Waals surface area (Å²) in [6.07, 6.45) is 2.31. The predicted octanol–water partition coefficient (Wildman–Crippen LogP) is 3.63. The fraction of sp³-hybridized carbons (Fsp3) is 0.350. The predicted molar refractivity (Wildman–Crippen MR) is 103 cm³/mol. The van der Waals surface area contributed by atoms with Crippen molar-refractivity contribution in [3.8, 4) is 0 Å². The number of amides is 1. The number of anilines is 1. The van der Waals surface area contributed by atoms with Gasteiger partial charge in [-0.15, -0.1) is 0 Å². The summed E-state index contributed by atoms with van der Waals surface area (Å²) >= 11 is 0. The van der Waals surface area contributed by atoms with Crippen LogP contribution in [0.3, 0.4) is 0 Å². The molecule has 0 heterocycles. The molecule has 1 amide bonds. The fourth-order valence-corrected chi connectivity index (χ4v) is 3.98. The van der Waals surface area contributed by atoms with Crippen molar-refractivity contribution in [3.63, 3.8) is 0 Å². The zero-order chi connectivity index (χ0) is 18.9. The molecule has 2 N–H and O–H groups in total. The second-order valence-corrected chi connectivity index (χ2v) is 8.66. The molecule has 26 heavy (non-hydrogen) atoms. The molecule has 1 fully saturated rings. The van der Waals surface area contributed by atoms with Crippen LogP contribution in [-0.2, 0) is 10.0 Å². The number of rotatable bonds is 6. The summed E-state index contributed by atoms with van der Waals surface area (Å²) in [6, 6.07) is 11.7. The summed E-state index contributed by atoms with van der Waals surface area (Å²) < 4.78 is 27.8. The number of hydrogen-bond donors (Lipinski definition) is 2. The van der Waals surface area contributed by atoms with Crippen molar-refractivity contribution in [1.29, 1.82) is 0 Å². The van der Waals surface area contributed by atoms with Crippen molar-refractivity contribution in [3.05, 3.63) is 59.2 Å². The summed E-state index contributed by atoms with van der Waals surface area (Å²) in [4.78, 5) is 12.4. The highest BCUT2D eigenvalue weighted by atomic mass is 32.2. The van der Waals surface area contributed by atoms with E-state index >= 15 is 0 Å². The monoisotopic (exact) mass is 372 g/mol. The molecule has 5 nitrogen and oxygen atoms in total. The number of aryl methyl sites for hydroxylation is 1. The smallest absolute Gasteiger partial charge is 0.261 e. The molecular formula is C20H24N2O3S. The summed E-state index contributed by atoms with van der Waals surface area (Å²) in [7, 11) is -3.70. The summed E-state index contributed by atoms with van der Waals surface area (Å²) in [5.41, 5.74) is 2.93. The van der Waals surface area contributed by atoms with Crippen molar-refractivity contribution in [2.45, 2.75) is 44.6 Å². The van der Waals surface area contributed by atoms with E-state index in [4.69, 9.17) is 0 Å². The van der Waals surface area contributed by atoms with Gasteiger partial charge in [0.1, 0.15) is 0 Å². The minimum Gasteiger partial charge on any atom is -0.349 e. The molecule has 0 bridgehead atoms. The third-order valence-electron chi connectivity index (χ3n) is 4.96. The standard InChI is InChI=1S/C20H24N2O3S/c1-13-5-4-6-19(14(13)2)22-26(24,25)18-11-9-17(10-12-18)20(23)21-15(3)16-7-8-16/h4-6,9-12,15-16,22H,7-8H2,1-3H3,(H,21,23)/t15-/m1/s1. The largest absolute Gasteiger partial charge is 0.349 e. The van der Waals surface area contributed by atoms with Crippen LogP contribution in [0.1, 0.15) is 41.3 Å². The molecule has 6 heteroatoms. The van der Waals surface area contributed by atoms with Crippen LogP contribution in [0, 0.1) is 19.8 Å². The van der Waals surface area contributed by atoms with Gasteiger partial charge in [0.15, 0.2) is 0 Å². The van der Waals surface area contributed by atoms with Crippen molar-refractivity contribution in [2.75, 3.05) is 4.72 Å². The van der Waals surface area contributed by atoms with Crippen molar-refractivity contribution in [2.24, 2.45) is 5.92 Å². The number of carbonyl (C=O) groups excluding carboxylic acids is 1. The first kappa shape index (κ1) is 18.5. The molecule has 1 aliphatic rings. The molecule has 2 aromatic rings. The molecule has 0 unspecified atom stereocenters. The first-order valence-corrected chi connectivity index (χ1v) is 10.3. The Balaban J connectivity index is 1.74. The molecule has 0 spiro atoms. The maximum absolute atomic E-state index is 12.6. The maximum Gasteiger partial charge on any atom is 0.261 e. The molecule has 1 saturated carbocycles. The Morgan fingerprint density at radius 3 is 2.35 bits per heavy atom. The minimum atomic E-state index is -3.70. The highest BCUT2D eigenvalue weighted by molar-refractivity contribution is 7.92. The Morgan fingerprint density at radius 1 is 1.08 bits per heavy atom. The normalized spacial score (nSPS) is 15.3. The Bertz CT molecular complexity index is 917. The van der Waals surface area contributed by atoms with Gasteiger partial charge in [-0.2, -0.15) is 0 Å². The average molecular weight is 372 g/mol. The molecule has 2 aromatic carbocycles. The number of nitrogens with one attached hydrogen (secondary N) is 2. The van der Waals surface area contributed by atoms with Crippen LogP contribution in [0.25, 0.3) is 0 Å². The highest BCUT2D eigenvalue weighted by Crippen LogP contribution is 2.32. The molecule has 0 aliphatic heterocycles. The van der Waals surface area contributed by atoms with Crippen molar-refractivity contribution < 1.29 is 13.2 Å². The number of sulfonamides is 1. The van der Waals surface area contributed by atoms with Crippen LogP contribution in [-0.4, -0.2) is 20.4 Å². The van der Waals surface area contributed by atoms with Gasteiger partial charge in [-0.25, -0.2) is 8.42 Å². The first-order valence-electron chi connectivity index (χ1n) is 8.78. The molecule has 3 rings (SSSR count). The van der Waals surface area contributed by atoms with Crippen LogP contribution in [0.15, 0.2) is 47.4 Å². The van der Waals surface area contributed by atoms with Crippen LogP contribution < -0.4 is 10.0 Å². The average Bonchev–Trinajstić information content (AvgIpc) is 3.44. The van der Waals surface area contributed by atoms with E-state index in [0.29, 0.717) is 17.2 Å². The molecule has 1 atom stereocenters. The van der Waals surface area contributed by atoms with Gasteiger partial charge < -0.3 is 5.32 Å². The zero-order valence-corrected chi connectivity index (χ0v) is 16.1. The summed E-state index contributed by atoms with van der Waals surface area (Å²) in [5.74, 6) is 0.399. The second-order valence-electron chi connectivity index (χ2n) is 6.98. The van der Waals surface area contributed by atoms with E-state index in [2.05, 4.69) is 10.0 Å². The van der Waals surface area contributed by atoms with E-state index in [0.717, 1.165) is 24.0 Å². The van der Waals surface area contributed by atoms with Gasteiger partial charge in [0.2, 0.25) is 0 Å². The summed E-state index contributed by atoms with van der Waals surface area (Å²) in [6.45, 7) is 5.81. The van der Waals surface area contributed by atoms with E-state index in [1.165, 1.54) is 12.1 Å². The van der Waals surface area contributed by atoms with Gasteiger partial charge in [-0.1, -0.05) is 12.1 Å². The lowest BCUT2D eigenvalue weighted by Gasteiger charge is -2.14. The van der Waals surface area contributed by atoms with Crippen LogP contribution in [0.2, 0.25) is 0 Å². The van der Waals surface area contributed by atoms with E-state index in [9.17, 15) is 13.2 Å². The molecule has 0 saturated heterocycles. The molecule has 0 aromatic heterocycles. The van der Waals surface area contributed by atoms with E-state index in [1.54, 1.807) is 18.2 Å². The van der Waals surface area contributed by atoms with Gasteiger partial charge in [-0.3, -0.25) is 9.52 Å². The number of hydrogen-bond acceptors (Lipinski definition) is 3. The Morgan fingerprint density at radius 2 is 1.73 bits per heavy atom. The molecule has 0 radical (unpaired) electrons. The third kappa shape index (κ3) is 4.07. The second kappa shape index (κ2) is 7.11. The lowest BCUT2D eigenvalue weighted by atomic mass is 10.1. The quantitative estimate of drug-likeness (QED) is 0.813. The topological polar surface area (TPSA) is 75.3 Å². The van der Waals surface area contributed by atoms with Gasteiger partial charge >= 0.3 is 0 Å². The van der Waals surface area contributed by atoms with E-state index < -0.39 is 10.0 Å². The third-order valence-corrected chi connectivity index (χ3v) is 6.35. The van der Waals surface area contributed by atoms with E-state index in [1.807, 2.05) is 32.9 Å². The molecule has 138 valence electrons. The maximum atomic E-state index is 12.6. The summed E-state index contributed by atoms with van der Waals surface area (Å²) in [5, 5.41) is 2.97. The fourth-order valence-electron chi connectivity index (χ4n) is 2.85. The molecule has 1 aliphatic carbocycles. The van der Waals surface area contributed by atoms with Crippen LogP contribution >= 0.6 is 0 Å². The van der Waals surface area contributed by atoms with Gasteiger partial charge in [0.25, 0.3) is 15.9 Å². The Hall–Kier alpha value is -2.34. The lowest BCUT2D eigenvalue weighted by Crippen LogP contribution is -2.33. The van der Waals surface area contributed by atoms with Gasteiger partial charge in [0.05, 0.1) is 10.6 Å². The highest BCUT2D eigenvalue weighted by Gasteiger charge is 2.29. The van der Waals surface area contributed by atoms with Gasteiger partial charge in [0, 0.05) is 11.6 Å². The van der Waals surface area contributed by atoms with Crippen molar-refractivity contribution >= 4 is 21.6 Å². The first-order chi connectivity index (χ1) is 12.3. The zero-order valence-electron chi connectivity index (χ0n) is 15.2. The number of carbonyl (C=O) groups is 1. The molecular weight excluding hydrogens is 348 g/mol. The van der Waals surface area contributed by atoms with Crippen molar-refractivity contribution in [1.82, 2.24) is 5.32 Å².